The zero-order valence-electron chi connectivity index (χ0n) is 19.6. The number of imide groups is 1. The lowest BCUT2D eigenvalue weighted by atomic mass is 9.92. The molecule has 8 nitrogen and oxygen atoms in total. The van der Waals surface area contributed by atoms with Crippen molar-refractivity contribution in [2.45, 2.75) is 25.3 Å². The van der Waals surface area contributed by atoms with Gasteiger partial charge in [0.15, 0.2) is 0 Å². The molecule has 0 radical (unpaired) electrons. The Morgan fingerprint density at radius 2 is 1.75 bits per heavy atom. The number of hydrogen-bond acceptors (Lipinski definition) is 6. The first-order valence-electron chi connectivity index (χ1n) is 11.6. The Morgan fingerprint density at radius 1 is 1.00 bits per heavy atom. The first-order chi connectivity index (χ1) is 17.4. The topological polar surface area (TPSA) is 127 Å². The molecular weight excluding hydrogens is 461 g/mol. The molecule has 1 heterocycles. The van der Waals surface area contributed by atoms with Gasteiger partial charge in [0.2, 0.25) is 5.91 Å². The molecule has 186 valence electrons. The van der Waals surface area contributed by atoms with Crippen molar-refractivity contribution in [2.24, 2.45) is 17.5 Å². The molecule has 36 heavy (non-hydrogen) atoms. The van der Waals surface area contributed by atoms with Gasteiger partial charge in [-0.15, -0.1) is 0 Å². The Morgan fingerprint density at radius 3 is 2.50 bits per heavy atom. The number of benzene rings is 3. The van der Waals surface area contributed by atoms with E-state index in [4.69, 9.17) is 16.3 Å². The lowest BCUT2D eigenvalue weighted by Crippen LogP contribution is -2.53. The number of nitrogens with two attached hydrogens (primary N) is 2. The van der Waals surface area contributed by atoms with Crippen LogP contribution in [0, 0.1) is 11.7 Å². The lowest BCUT2D eigenvalue weighted by Gasteiger charge is -2.24. The molecule has 0 spiro atoms. The van der Waals surface area contributed by atoms with Gasteiger partial charge in [-0.1, -0.05) is 42.5 Å². The second-order valence-electron chi connectivity index (χ2n) is 8.56. The van der Waals surface area contributed by atoms with E-state index in [1.54, 1.807) is 6.20 Å². The number of H-pyrrole nitrogens is 1. The molecule has 2 atom stereocenters. The average Bonchev–Trinajstić information content (AvgIpc) is 3.41. The highest BCUT2D eigenvalue weighted by molar-refractivity contribution is 5.98. The van der Waals surface area contributed by atoms with Crippen LogP contribution < -0.4 is 16.3 Å². The fourth-order valence-corrected chi connectivity index (χ4v) is 4.10. The molecule has 1 unspecified atom stereocenters. The van der Waals surface area contributed by atoms with Crippen molar-refractivity contribution in [1.29, 1.82) is 0 Å². The van der Waals surface area contributed by atoms with Crippen LogP contribution in [0.3, 0.4) is 0 Å². The van der Waals surface area contributed by atoms with Gasteiger partial charge in [-0.25, -0.2) is 20.2 Å². The summed E-state index contributed by atoms with van der Waals surface area (Å²) in [6.07, 6.45) is 3.85. The van der Waals surface area contributed by atoms with E-state index in [1.807, 2.05) is 42.5 Å². The van der Waals surface area contributed by atoms with Gasteiger partial charge >= 0.3 is 0 Å². The number of halogens is 1. The summed E-state index contributed by atoms with van der Waals surface area (Å²) in [6.45, 7) is 0.176. The van der Waals surface area contributed by atoms with Gasteiger partial charge in [0.1, 0.15) is 11.6 Å². The minimum absolute atomic E-state index is 0.168. The van der Waals surface area contributed by atoms with Gasteiger partial charge in [-0.05, 0) is 53.4 Å². The zero-order chi connectivity index (χ0) is 25.5. The molecule has 3 aromatic carbocycles. The highest BCUT2D eigenvalue weighted by Crippen LogP contribution is 2.24. The highest BCUT2D eigenvalue weighted by Gasteiger charge is 2.30. The number of ether oxygens (including phenoxy) is 1. The third-order valence-electron chi connectivity index (χ3n) is 6.03. The quantitative estimate of drug-likeness (QED) is 0.178. The Hall–Kier alpha value is -4.08. The van der Waals surface area contributed by atoms with Crippen molar-refractivity contribution in [3.05, 3.63) is 96.3 Å². The largest absolute Gasteiger partial charge is 0.494 e. The number of hydrazine groups is 1. The number of nitrogens with zero attached hydrogens (tertiary/aromatic N) is 2. The Bertz CT molecular complexity index is 1310. The predicted molar refractivity (Wildman–Crippen MR) is 134 cm³/mol. The van der Waals surface area contributed by atoms with Crippen LogP contribution in [0.4, 0.5) is 4.39 Å². The van der Waals surface area contributed by atoms with E-state index >= 15 is 0 Å². The molecule has 9 heteroatoms. The number of aromatic nitrogens is 2. The maximum atomic E-state index is 13.4. The zero-order valence-corrected chi connectivity index (χ0v) is 19.6. The molecule has 0 saturated carbocycles. The molecule has 0 aliphatic rings. The second kappa shape index (κ2) is 11.6. The van der Waals surface area contributed by atoms with E-state index in [9.17, 15) is 14.0 Å². The van der Waals surface area contributed by atoms with Crippen molar-refractivity contribution in [1.82, 2.24) is 15.0 Å². The number of imidazole rings is 1. The van der Waals surface area contributed by atoms with Crippen LogP contribution in [0.1, 0.15) is 17.7 Å². The maximum absolute atomic E-state index is 13.4. The second-order valence-corrected chi connectivity index (χ2v) is 8.56. The van der Waals surface area contributed by atoms with Crippen LogP contribution in [0.25, 0.3) is 10.8 Å². The third-order valence-corrected chi connectivity index (χ3v) is 6.03. The summed E-state index contributed by atoms with van der Waals surface area (Å²) in [5.74, 6) is 4.24. The fraction of sp³-hybridized carbons (Fsp3) is 0.222. The SMILES string of the molecule is N[C@@H](Cc1cnc[nH]1)C(=O)N(N)C(=O)C(CCOc1ccc(F)cc1)Cc1cccc2ccccc12. The molecule has 0 fully saturated rings. The minimum atomic E-state index is -1.01. The van der Waals surface area contributed by atoms with E-state index in [1.165, 1.54) is 30.6 Å². The van der Waals surface area contributed by atoms with E-state index in [0.29, 0.717) is 22.9 Å². The molecular formula is C27H28FN5O3. The number of carbonyl (C=O) groups is 2. The maximum Gasteiger partial charge on any atom is 0.260 e. The van der Waals surface area contributed by atoms with E-state index in [2.05, 4.69) is 9.97 Å². The number of fused-ring (bicyclic) bond motifs is 1. The number of carbonyl (C=O) groups excluding carboxylic acids is 2. The van der Waals surface area contributed by atoms with Crippen molar-refractivity contribution < 1.29 is 18.7 Å². The number of nitrogens with one attached hydrogen (secondary N) is 1. The third kappa shape index (κ3) is 6.12. The fourth-order valence-electron chi connectivity index (χ4n) is 4.10. The molecule has 2 amide bonds. The average molecular weight is 490 g/mol. The molecule has 0 aliphatic heterocycles. The van der Waals surface area contributed by atoms with Crippen LogP contribution in [-0.2, 0) is 22.4 Å². The monoisotopic (exact) mass is 489 g/mol. The summed E-state index contributed by atoms with van der Waals surface area (Å²) >= 11 is 0. The lowest BCUT2D eigenvalue weighted by molar-refractivity contribution is -0.149. The molecule has 0 bridgehead atoms. The molecule has 0 aliphatic carbocycles. The Kier molecular flexibility index (Phi) is 8.04. The molecule has 4 rings (SSSR count). The van der Waals surface area contributed by atoms with E-state index in [0.717, 1.165) is 16.3 Å². The van der Waals surface area contributed by atoms with Gasteiger partial charge < -0.3 is 15.5 Å². The van der Waals surface area contributed by atoms with Crippen LogP contribution in [0.2, 0.25) is 0 Å². The van der Waals surface area contributed by atoms with E-state index in [-0.39, 0.29) is 25.3 Å². The summed E-state index contributed by atoms with van der Waals surface area (Å²) in [5.41, 5.74) is 7.65. The Labute approximate surface area is 208 Å². The normalized spacial score (nSPS) is 12.8. The van der Waals surface area contributed by atoms with Crippen molar-refractivity contribution in [3.63, 3.8) is 0 Å². The van der Waals surface area contributed by atoms with Gasteiger partial charge in [0, 0.05) is 24.2 Å². The number of aromatic amines is 1. The number of amides is 2. The predicted octanol–water partition coefficient (Wildman–Crippen LogP) is 3.13. The van der Waals surface area contributed by atoms with Gasteiger partial charge in [-0.2, -0.15) is 0 Å². The van der Waals surface area contributed by atoms with Crippen LogP contribution in [0.5, 0.6) is 5.75 Å². The van der Waals surface area contributed by atoms with Gasteiger partial charge in [0.25, 0.3) is 5.91 Å². The molecule has 4 aromatic rings. The summed E-state index contributed by atoms with van der Waals surface area (Å²) in [6, 6.07) is 18.4. The van der Waals surface area contributed by atoms with Gasteiger partial charge in [-0.3, -0.25) is 9.59 Å². The molecule has 0 saturated heterocycles. The first-order valence-corrected chi connectivity index (χ1v) is 11.6. The molecule has 5 N–H and O–H groups in total. The van der Waals surface area contributed by atoms with Crippen LogP contribution >= 0.6 is 0 Å². The summed E-state index contributed by atoms with van der Waals surface area (Å²) in [4.78, 5) is 33.1. The summed E-state index contributed by atoms with van der Waals surface area (Å²) < 4.78 is 18.9. The summed E-state index contributed by atoms with van der Waals surface area (Å²) in [7, 11) is 0. The summed E-state index contributed by atoms with van der Waals surface area (Å²) in [5, 5.41) is 2.68. The molecule has 1 aromatic heterocycles. The van der Waals surface area contributed by atoms with E-state index < -0.39 is 23.8 Å². The Balaban J connectivity index is 1.50. The minimum Gasteiger partial charge on any atom is -0.494 e. The van der Waals surface area contributed by atoms with Crippen LogP contribution in [-0.4, -0.2) is 39.4 Å². The van der Waals surface area contributed by atoms with Crippen molar-refractivity contribution in [3.8, 4) is 5.75 Å². The highest BCUT2D eigenvalue weighted by atomic mass is 19.1. The van der Waals surface area contributed by atoms with Crippen molar-refractivity contribution in [2.75, 3.05) is 6.61 Å². The first kappa shape index (κ1) is 25.0. The smallest absolute Gasteiger partial charge is 0.260 e. The standard InChI is InChI=1S/C27H28FN5O3/c28-21-8-10-23(11-9-21)36-13-12-20(14-19-6-3-5-18-4-1-2-7-24(18)19)26(34)33(30)27(35)25(29)15-22-16-31-17-32-22/h1-11,16-17,20,25H,12-15,29-30H2,(H,31,32)/t20?,25-/m0/s1. The van der Waals surface area contributed by atoms with Crippen molar-refractivity contribution >= 4 is 22.6 Å². The number of hydrogen-bond donors (Lipinski definition) is 3. The van der Waals surface area contributed by atoms with Gasteiger partial charge in [0.05, 0.1) is 19.0 Å². The number of rotatable bonds is 10. The van der Waals surface area contributed by atoms with Crippen LogP contribution in [0.15, 0.2) is 79.3 Å².